The van der Waals surface area contributed by atoms with Crippen molar-refractivity contribution in [2.75, 3.05) is 13.1 Å². The molecule has 2 heteroatoms. The summed E-state index contributed by atoms with van der Waals surface area (Å²) in [7, 11) is 0. The van der Waals surface area contributed by atoms with E-state index < -0.39 is 0 Å². The van der Waals surface area contributed by atoms with Crippen molar-refractivity contribution >= 4 is 5.78 Å². The van der Waals surface area contributed by atoms with E-state index in [2.05, 4.69) is 5.32 Å². The lowest BCUT2D eigenvalue weighted by atomic mass is 9.97. The van der Waals surface area contributed by atoms with Gasteiger partial charge in [0.25, 0.3) is 0 Å². The lowest BCUT2D eigenvalue weighted by molar-refractivity contribution is 0.0964. The van der Waals surface area contributed by atoms with E-state index in [-0.39, 0.29) is 5.78 Å². The molecule has 1 N–H and O–H groups in total. The van der Waals surface area contributed by atoms with Gasteiger partial charge >= 0.3 is 0 Å². The molecule has 1 unspecified atom stereocenters. The molecule has 0 aliphatic carbocycles. The van der Waals surface area contributed by atoms with Crippen LogP contribution < -0.4 is 5.32 Å². The Labute approximate surface area is 90.7 Å². The molecular formula is C13H17NO. The van der Waals surface area contributed by atoms with Gasteiger partial charge in [0.2, 0.25) is 0 Å². The van der Waals surface area contributed by atoms with Crippen LogP contribution in [0.5, 0.6) is 0 Å². The molecule has 1 aliphatic heterocycles. The molecule has 2 nitrogen and oxygen atoms in total. The highest BCUT2D eigenvalue weighted by Crippen LogP contribution is 2.16. The van der Waals surface area contributed by atoms with E-state index in [1.165, 1.54) is 5.56 Å². The van der Waals surface area contributed by atoms with Crippen molar-refractivity contribution in [3.63, 3.8) is 0 Å². The maximum Gasteiger partial charge on any atom is 0.163 e. The number of Topliss-reactive ketones (excluding diaryl/α,β-unsaturated/α-hetero) is 1. The van der Waals surface area contributed by atoms with Crippen molar-refractivity contribution < 1.29 is 4.79 Å². The number of nitrogens with one attached hydrogen (secondary N) is 1. The molecule has 1 aromatic rings. The standard InChI is InChI=1S/C13H17NO/c1-10-2-4-12(5-3-10)13(15)8-11-6-7-14-9-11/h2-5,11,14H,6-9H2,1H3. The number of hydrogen-bond donors (Lipinski definition) is 1. The molecule has 0 spiro atoms. The van der Waals surface area contributed by atoms with Crippen molar-refractivity contribution in [2.24, 2.45) is 5.92 Å². The first kappa shape index (κ1) is 10.4. The van der Waals surface area contributed by atoms with E-state index in [1.54, 1.807) is 0 Å². The van der Waals surface area contributed by atoms with E-state index in [0.29, 0.717) is 12.3 Å². The third-order valence-electron chi connectivity index (χ3n) is 3.01. The van der Waals surface area contributed by atoms with Crippen LogP contribution in [0.25, 0.3) is 0 Å². The Hall–Kier alpha value is -1.15. The van der Waals surface area contributed by atoms with Crippen molar-refractivity contribution in [3.8, 4) is 0 Å². The van der Waals surface area contributed by atoms with Crippen LogP contribution in [0.1, 0.15) is 28.8 Å². The van der Waals surface area contributed by atoms with Crippen molar-refractivity contribution in [1.29, 1.82) is 0 Å². The fourth-order valence-electron chi connectivity index (χ4n) is 2.01. The minimum absolute atomic E-state index is 0.281. The molecule has 80 valence electrons. The second kappa shape index (κ2) is 4.58. The maximum atomic E-state index is 11.9. The predicted octanol–water partition coefficient (Wildman–Crippen LogP) is 2.18. The quantitative estimate of drug-likeness (QED) is 0.763. The average molecular weight is 203 g/mol. The van der Waals surface area contributed by atoms with Gasteiger partial charge in [-0.25, -0.2) is 0 Å². The fraction of sp³-hybridized carbons (Fsp3) is 0.462. The highest BCUT2D eigenvalue weighted by atomic mass is 16.1. The summed E-state index contributed by atoms with van der Waals surface area (Å²) in [5, 5.41) is 3.29. The van der Waals surface area contributed by atoms with E-state index in [4.69, 9.17) is 0 Å². The SMILES string of the molecule is Cc1ccc(C(=O)CC2CCNC2)cc1. The van der Waals surface area contributed by atoms with Crippen LogP contribution in [0, 0.1) is 12.8 Å². The Kier molecular flexibility index (Phi) is 3.17. The molecule has 1 aromatic carbocycles. The van der Waals surface area contributed by atoms with Crippen molar-refractivity contribution in [3.05, 3.63) is 35.4 Å². The minimum atomic E-state index is 0.281. The molecule has 1 atom stereocenters. The van der Waals surface area contributed by atoms with Gasteiger partial charge in [0, 0.05) is 12.0 Å². The topological polar surface area (TPSA) is 29.1 Å². The summed E-state index contributed by atoms with van der Waals surface area (Å²) in [5.41, 5.74) is 2.06. The predicted molar refractivity (Wildman–Crippen MR) is 61.1 cm³/mol. The molecule has 15 heavy (non-hydrogen) atoms. The van der Waals surface area contributed by atoms with Crippen LogP contribution >= 0.6 is 0 Å². The molecular weight excluding hydrogens is 186 g/mol. The maximum absolute atomic E-state index is 11.9. The third kappa shape index (κ3) is 2.66. The second-order valence-electron chi connectivity index (χ2n) is 4.35. The van der Waals surface area contributed by atoms with Crippen LogP contribution in [0.4, 0.5) is 0 Å². The number of aryl methyl sites for hydroxylation is 1. The largest absolute Gasteiger partial charge is 0.316 e. The van der Waals surface area contributed by atoms with E-state index >= 15 is 0 Å². The molecule has 0 amide bonds. The van der Waals surface area contributed by atoms with Gasteiger partial charge in [0.05, 0.1) is 0 Å². The lowest BCUT2D eigenvalue weighted by Gasteiger charge is -2.07. The first-order valence-electron chi connectivity index (χ1n) is 5.56. The molecule has 1 aliphatic rings. The van der Waals surface area contributed by atoms with Gasteiger partial charge < -0.3 is 5.32 Å². The number of carbonyl (C=O) groups is 1. The van der Waals surface area contributed by atoms with E-state index in [9.17, 15) is 4.79 Å². The van der Waals surface area contributed by atoms with Crippen LogP contribution in [0.2, 0.25) is 0 Å². The van der Waals surface area contributed by atoms with Crippen LogP contribution in [-0.2, 0) is 0 Å². The van der Waals surface area contributed by atoms with Crippen LogP contribution in [-0.4, -0.2) is 18.9 Å². The summed E-state index contributed by atoms with van der Waals surface area (Å²) in [4.78, 5) is 11.9. The van der Waals surface area contributed by atoms with Crippen LogP contribution in [0.3, 0.4) is 0 Å². The van der Waals surface area contributed by atoms with Gasteiger partial charge in [-0.2, -0.15) is 0 Å². The average Bonchev–Trinajstić information content (AvgIpc) is 2.71. The minimum Gasteiger partial charge on any atom is -0.316 e. The Morgan fingerprint density at radius 2 is 2.13 bits per heavy atom. The molecule has 0 radical (unpaired) electrons. The highest BCUT2D eigenvalue weighted by molar-refractivity contribution is 5.96. The number of carbonyl (C=O) groups excluding carboxylic acids is 1. The summed E-state index contributed by atoms with van der Waals surface area (Å²) < 4.78 is 0. The molecule has 0 bridgehead atoms. The molecule has 1 heterocycles. The first-order chi connectivity index (χ1) is 7.25. The zero-order valence-electron chi connectivity index (χ0n) is 9.12. The summed E-state index contributed by atoms with van der Waals surface area (Å²) in [6.07, 6.45) is 1.83. The Balaban J connectivity index is 1.98. The number of rotatable bonds is 3. The van der Waals surface area contributed by atoms with Crippen LogP contribution in [0.15, 0.2) is 24.3 Å². The van der Waals surface area contributed by atoms with Gasteiger partial charge in [0.1, 0.15) is 0 Å². The molecule has 0 aromatic heterocycles. The van der Waals surface area contributed by atoms with Gasteiger partial charge in [-0.3, -0.25) is 4.79 Å². The number of ketones is 1. The van der Waals surface area contributed by atoms with Crippen molar-refractivity contribution in [2.45, 2.75) is 19.8 Å². The Morgan fingerprint density at radius 3 is 2.73 bits per heavy atom. The molecule has 0 saturated carbocycles. The molecule has 1 fully saturated rings. The molecule has 1 saturated heterocycles. The zero-order chi connectivity index (χ0) is 10.7. The monoisotopic (exact) mass is 203 g/mol. The summed E-state index contributed by atoms with van der Waals surface area (Å²) >= 11 is 0. The lowest BCUT2D eigenvalue weighted by Crippen LogP contribution is -2.12. The van der Waals surface area contributed by atoms with Gasteiger partial charge in [0.15, 0.2) is 5.78 Å². The Bertz CT molecular complexity index is 336. The number of hydrogen-bond acceptors (Lipinski definition) is 2. The fourth-order valence-corrected chi connectivity index (χ4v) is 2.01. The van der Waals surface area contributed by atoms with E-state index in [1.807, 2.05) is 31.2 Å². The van der Waals surface area contributed by atoms with Gasteiger partial charge in [-0.15, -0.1) is 0 Å². The van der Waals surface area contributed by atoms with Gasteiger partial charge in [-0.1, -0.05) is 29.8 Å². The smallest absolute Gasteiger partial charge is 0.163 e. The summed E-state index contributed by atoms with van der Waals surface area (Å²) in [6.45, 7) is 4.10. The summed E-state index contributed by atoms with van der Waals surface area (Å²) in [6, 6.07) is 7.86. The Morgan fingerprint density at radius 1 is 1.40 bits per heavy atom. The zero-order valence-corrected chi connectivity index (χ0v) is 9.12. The van der Waals surface area contributed by atoms with E-state index in [0.717, 1.165) is 25.1 Å². The normalized spacial score (nSPS) is 20.5. The molecule has 2 rings (SSSR count). The third-order valence-corrected chi connectivity index (χ3v) is 3.01. The number of benzene rings is 1. The highest BCUT2D eigenvalue weighted by Gasteiger charge is 2.18. The summed E-state index contributed by atoms with van der Waals surface area (Å²) in [5.74, 6) is 0.822. The van der Waals surface area contributed by atoms with Gasteiger partial charge in [-0.05, 0) is 32.4 Å². The second-order valence-corrected chi connectivity index (χ2v) is 4.35. The first-order valence-corrected chi connectivity index (χ1v) is 5.56. The van der Waals surface area contributed by atoms with Crippen molar-refractivity contribution in [1.82, 2.24) is 5.32 Å².